The number of urea groups is 1. The third-order valence-corrected chi connectivity index (χ3v) is 3.79. The van der Waals surface area contributed by atoms with E-state index in [2.05, 4.69) is 30.6 Å². The van der Waals surface area contributed by atoms with Gasteiger partial charge < -0.3 is 10.1 Å². The van der Waals surface area contributed by atoms with Crippen molar-refractivity contribution < 1.29 is 22.7 Å². The Labute approximate surface area is 148 Å². The van der Waals surface area contributed by atoms with Crippen LogP contribution in [-0.2, 0) is 0 Å². The van der Waals surface area contributed by atoms with Crippen molar-refractivity contribution in [3.8, 4) is 16.3 Å². The topological polar surface area (TPSA) is 89.0 Å². The third kappa shape index (κ3) is 4.89. The maximum absolute atomic E-state index is 12.2. The third-order valence-electron chi connectivity index (χ3n) is 2.90. The molecule has 0 spiro atoms. The lowest BCUT2D eigenvalue weighted by atomic mass is 10.3. The van der Waals surface area contributed by atoms with Gasteiger partial charge in [0.2, 0.25) is 5.13 Å². The second-order valence-corrected chi connectivity index (χ2v) is 5.78. The van der Waals surface area contributed by atoms with Crippen LogP contribution >= 0.6 is 11.3 Å². The highest BCUT2D eigenvalue weighted by Crippen LogP contribution is 2.27. The molecule has 0 bridgehead atoms. The predicted octanol–water partition coefficient (Wildman–Crippen LogP) is 4.14. The quantitative estimate of drug-likeness (QED) is 0.709. The van der Waals surface area contributed by atoms with Crippen molar-refractivity contribution in [1.82, 2.24) is 15.2 Å². The summed E-state index contributed by atoms with van der Waals surface area (Å²) in [6.45, 7) is 0. The number of alkyl halides is 3. The van der Waals surface area contributed by atoms with Gasteiger partial charge >= 0.3 is 12.4 Å². The van der Waals surface area contributed by atoms with E-state index in [1.807, 2.05) is 0 Å². The van der Waals surface area contributed by atoms with Gasteiger partial charge in [0.15, 0.2) is 0 Å². The van der Waals surface area contributed by atoms with Crippen LogP contribution in [0.5, 0.6) is 5.75 Å². The Morgan fingerprint density at radius 2 is 1.85 bits per heavy atom. The summed E-state index contributed by atoms with van der Waals surface area (Å²) in [6.07, 6.45) is -1.60. The van der Waals surface area contributed by atoms with E-state index in [-0.39, 0.29) is 10.8 Å². The number of carbonyl (C=O) groups excluding carboxylic acids is 1. The van der Waals surface area contributed by atoms with E-state index >= 15 is 0 Å². The number of rotatable bonds is 4. The molecule has 1 aromatic carbocycles. The van der Waals surface area contributed by atoms with Crippen molar-refractivity contribution in [3.05, 3.63) is 48.8 Å². The molecule has 26 heavy (non-hydrogen) atoms. The summed E-state index contributed by atoms with van der Waals surface area (Å²) < 4.78 is 40.5. The van der Waals surface area contributed by atoms with Gasteiger partial charge in [-0.1, -0.05) is 17.4 Å². The molecular weight excluding hydrogens is 371 g/mol. The number of nitrogens with zero attached hydrogens (tertiary/aromatic N) is 3. The van der Waals surface area contributed by atoms with Crippen molar-refractivity contribution in [1.29, 1.82) is 0 Å². The zero-order valence-corrected chi connectivity index (χ0v) is 13.6. The maximum Gasteiger partial charge on any atom is 0.573 e. The standard InChI is InChI=1S/C15H10F3N5O2S/c16-15(17,18)25-11-3-1-2-10(8-11)20-13(24)21-14-23-22-12(26-14)9-4-6-19-7-5-9/h1-8H,(H2,20,21,23,24). The van der Waals surface area contributed by atoms with Gasteiger partial charge in [0.25, 0.3) is 0 Å². The van der Waals surface area contributed by atoms with Gasteiger partial charge in [0.05, 0.1) is 0 Å². The lowest BCUT2D eigenvalue weighted by molar-refractivity contribution is -0.274. The van der Waals surface area contributed by atoms with Crippen LogP contribution in [-0.4, -0.2) is 27.6 Å². The minimum atomic E-state index is -4.81. The number of pyridine rings is 1. The Bertz CT molecular complexity index is 902. The molecule has 0 aliphatic heterocycles. The number of aromatic nitrogens is 3. The molecule has 11 heteroatoms. The monoisotopic (exact) mass is 381 g/mol. The summed E-state index contributed by atoms with van der Waals surface area (Å²) in [5, 5.41) is 13.5. The normalized spacial score (nSPS) is 11.0. The van der Waals surface area contributed by atoms with Crippen LogP contribution in [0.3, 0.4) is 0 Å². The lowest BCUT2D eigenvalue weighted by Gasteiger charge is -2.10. The molecule has 3 aromatic rings. The SMILES string of the molecule is O=C(Nc1cccc(OC(F)(F)F)c1)Nc1nnc(-c2ccncc2)s1. The second kappa shape index (κ2) is 7.35. The molecule has 0 saturated heterocycles. The molecule has 0 aliphatic carbocycles. The Morgan fingerprint density at radius 1 is 1.08 bits per heavy atom. The molecule has 2 heterocycles. The number of hydrogen-bond acceptors (Lipinski definition) is 6. The van der Waals surface area contributed by atoms with Crippen LogP contribution < -0.4 is 15.4 Å². The number of amides is 2. The summed E-state index contributed by atoms with van der Waals surface area (Å²) in [7, 11) is 0. The summed E-state index contributed by atoms with van der Waals surface area (Å²) in [4.78, 5) is 15.9. The van der Waals surface area contributed by atoms with Crippen molar-refractivity contribution >= 4 is 28.2 Å². The number of anilines is 2. The van der Waals surface area contributed by atoms with E-state index in [4.69, 9.17) is 0 Å². The number of benzene rings is 1. The van der Waals surface area contributed by atoms with Crippen molar-refractivity contribution in [3.63, 3.8) is 0 Å². The minimum absolute atomic E-state index is 0.128. The van der Waals surface area contributed by atoms with Crippen LogP contribution in [0.15, 0.2) is 48.8 Å². The first-order chi connectivity index (χ1) is 12.4. The molecule has 0 fully saturated rings. The molecule has 0 saturated carbocycles. The summed E-state index contributed by atoms with van der Waals surface area (Å²) in [5.74, 6) is -0.439. The fraction of sp³-hybridized carbons (Fsp3) is 0.0667. The molecule has 2 aromatic heterocycles. The summed E-state index contributed by atoms with van der Waals surface area (Å²) in [5.41, 5.74) is 0.922. The van der Waals surface area contributed by atoms with E-state index in [9.17, 15) is 18.0 Å². The average Bonchev–Trinajstić information content (AvgIpc) is 3.02. The lowest BCUT2D eigenvalue weighted by Crippen LogP contribution is -2.20. The Hall–Kier alpha value is -3.21. The highest BCUT2D eigenvalue weighted by atomic mass is 32.1. The highest BCUT2D eigenvalue weighted by Gasteiger charge is 2.31. The number of hydrogen-bond donors (Lipinski definition) is 2. The van der Waals surface area contributed by atoms with E-state index < -0.39 is 18.1 Å². The van der Waals surface area contributed by atoms with E-state index in [0.717, 1.165) is 29.0 Å². The van der Waals surface area contributed by atoms with Gasteiger partial charge in [-0.05, 0) is 24.3 Å². The van der Waals surface area contributed by atoms with Crippen LogP contribution in [0.25, 0.3) is 10.6 Å². The molecule has 2 N–H and O–H groups in total. The van der Waals surface area contributed by atoms with E-state index in [1.54, 1.807) is 24.5 Å². The van der Waals surface area contributed by atoms with Gasteiger partial charge in [-0.3, -0.25) is 10.3 Å². The van der Waals surface area contributed by atoms with Gasteiger partial charge in [-0.2, -0.15) is 0 Å². The van der Waals surface area contributed by atoms with Gasteiger partial charge in [-0.25, -0.2) is 4.79 Å². The van der Waals surface area contributed by atoms with Crippen LogP contribution in [0, 0.1) is 0 Å². The Morgan fingerprint density at radius 3 is 2.58 bits per heavy atom. The van der Waals surface area contributed by atoms with E-state index in [0.29, 0.717) is 5.01 Å². The van der Waals surface area contributed by atoms with Crippen LogP contribution in [0.4, 0.5) is 28.8 Å². The molecule has 0 aliphatic rings. The largest absolute Gasteiger partial charge is 0.573 e. The molecule has 0 unspecified atom stereocenters. The first-order valence-corrected chi connectivity index (χ1v) is 7.88. The minimum Gasteiger partial charge on any atom is -0.406 e. The number of ether oxygens (including phenoxy) is 1. The van der Waals surface area contributed by atoms with Crippen LogP contribution in [0.2, 0.25) is 0 Å². The molecule has 7 nitrogen and oxygen atoms in total. The smallest absolute Gasteiger partial charge is 0.406 e. The zero-order chi connectivity index (χ0) is 18.6. The van der Waals surface area contributed by atoms with Gasteiger partial charge in [0, 0.05) is 29.7 Å². The molecular formula is C15H10F3N5O2S. The summed E-state index contributed by atoms with van der Waals surface area (Å²) >= 11 is 1.14. The predicted molar refractivity (Wildman–Crippen MR) is 88.9 cm³/mol. The average molecular weight is 381 g/mol. The van der Waals surface area contributed by atoms with Crippen molar-refractivity contribution in [2.24, 2.45) is 0 Å². The summed E-state index contributed by atoms with van der Waals surface area (Å²) in [6, 6.07) is 7.74. The molecule has 0 atom stereocenters. The van der Waals surface area contributed by atoms with Crippen molar-refractivity contribution in [2.45, 2.75) is 6.36 Å². The van der Waals surface area contributed by atoms with Gasteiger partial charge in [-0.15, -0.1) is 23.4 Å². The maximum atomic E-state index is 12.2. The van der Waals surface area contributed by atoms with Gasteiger partial charge in [0.1, 0.15) is 10.8 Å². The first-order valence-electron chi connectivity index (χ1n) is 7.07. The van der Waals surface area contributed by atoms with Crippen LogP contribution in [0.1, 0.15) is 0 Å². The molecule has 134 valence electrons. The van der Waals surface area contributed by atoms with E-state index in [1.165, 1.54) is 12.1 Å². The first kappa shape index (κ1) is 17.6. The zero-order valence-electron chi connectivity index (χ0n) is 12.8. The van der Waals surface area contributed by atoms with Crippen molar-refractivity contribution in [2.75, 3.05) is 10.6 Å². The molecule has 0 radical (unpaired) electrons. The number of carbonyl (C=O) groups is 1. The highest BCUT2D eigenvalue weighted by molar-refractivity contribution is 7.18. The number of nitrogens with one attached hydrogen (secondary N) is 2. The Kier molecular flexibility index (Phi) is 4.98. The number of halogens is 3. The fourth-order valence-corrected chi connectivity index (χ4v) is 2.66. The molecule has 3 rings (SSSR count). The fourth-order valence-electron chi connectivity index (χ4n) is 1.92. The Balaban J connectivity index is 1.63. The second-order valence-electron chi connectivity index (χ2n) is 4.80. The molecule has 2 amide bonds.